The maximum atomic E-state index is 9.90. The van der Waals surface area contributed by atoms with Crippen LogP contribution in [0, 0.1) is 5.92 Å². The van der Waals surface area contributed by atoms with E-state index in [0.717, 1.165) is 12.3 Å². The Bertz CT molecular complexity index is 339. The molecule has 0 fully saturated rings. The summed E-state index contributed by atoms with van der Waals surface area (Å²) in [5.41, 5.74) is 0. The summed E-state index contributed by atoms with van der Waals surface area (Å²) in [5, 5.41) is 24.9. The summed E-state index contributed by atoms with van der Waals surface area (Å²) >= 11 is 0. The SMILES string of the molecule is CC(C)CCCCCCCCCCCCCCCO.O=C(O)CCCCC(=O)O. The van der Waals surface area contributed by atoms with E-state index in [2.05, 4.69) is 13.8 Å². The summed E-state index contributed by atoms with van der Waals surface area (Å²) in [4.78, 5) is 19.8. The van der Waals surface area contributed by atoms with Gasteiger partial charge in [-0.3, -0.25) is 9.59 Å². The third kappa shape index (κ3) is 34.8. The molecule has 174 valence electrons. The van der Waals surface area contributed by atoms with Crippen molar-refractivity contribution in [2.45, 2.75) is 129 Å². The molecule has 29 heavy (non-hydrogen) atoms. The van der Waals surface area contributed by atoms with Crippen molar-refractivity contribution in [2.75, 3.05) is 6.61 Å². The molecular formula is C24H48O5. The Labute approximate surface area is 179 Å². The summed E-state index contributed by atoms with van der Waals surface area (Å²) in [5.74, 6) is -0.854. The third-order valence-corrected chi connectivity index (χ3v) is 4.97. The minimum atomic E-state index is -0.870. The van der Waals surface area contributed by atoms with Crippen LogP contribution in [0.3, 0.4) is 0 Å². The lowest BCUT2D eigenvalue weighted by Gasteiger charge is -2.04. The first kappa shape index (κ1) is 30.1. The van der Waals surface area contributed by atoms with Gasteiger partial charge in [-0.25, -0.2) is 0 Å². The molecule has 0 unspecified atom stereocenters. The molecule has 0 aromatic heterocycles. The maximum Gasteiger partial charge on any atom is 0.303 e. The molecule has 0 radical (unpaired) electrons. The fraction of sp³-hybridized carbons (Fsp3) is 0.917. The normalized spacial score (nSPS) is 10.6. The van der Waals surface area contributed by atoms with Gasteiger partial charge in [-0.05, 0) is 25.2 Å². The average Bonchev–Trinajstić information content (AvgIpc) is 2.65. The average molecular weight is 417 g/mol. The molecule has 5 heteroatoms. The highest BCUT2D eigenvalue weighted by Gasteiger charge is 1.99. The Balaban J connectivity index is 0. The van der Waals surface area contributed by atoms with Crippen LogP contribution in [0.4, 0.5) is 0 Å². The van der Waals surface area contributed by atoms with Crippen molar-refractivity contribution < 1.29 is 24.9 Å². The molecule has 5 nitrogen and oxygen atoms in total. The van der Waals surface area contributed by atoms with E-state index >= 15 is 0 Å². The Hall–Kier alpha value is -1.10. The highest BCUT2D eigenvalue weighted by molar-refractivity contribution is 5.67. The van der Waals surface area contributed by atoms with Gasteiger partial charge in [0.25, 0.3) is 0 Å². The van der Waals surface area contributed by atoms with E-state index in [-0.39, 0.29) is 12.8 Å². The number of unbranched alkanes of at least 4 members (excludes halogenated alkanes) is 13. The van der Waals surface area contributed by atoms with Gasteiger partial charge in [0, 0.05) is 19.4 Å². The van der Waals surface area contributed by atoms with Crippen LogP contribution in [0.1, 0.15) is 129 Å². The van der Waals surface area contributed by atoms with Crippen LogP contribution in [0.5, 0.6) is 0 Å². The van der Waals surface area contributed by atoms with Gasteiger partial charge in [0.15, 0.2) is 0 Å². The molecule has 0 saturated heterocycles. The van der Waals surface area contributed by atoms with E-state index in [0.29, 0.717) is 19.4 Å². The van der Waals surface area contributed by atoms with Crippen LogP contribution in [0.2, 0.25) is 0 Å². The van der Waals surface area contributed by atoms with Gasteiger partial charge in [-0.1, -0.05) is 97.3 Å². The second-order valence-corrected chi connectivity index (χ2v) is 8.50. The van der Waals surface area contributed by atoms with Crippen molar-refractivity contribution in [1.82, 2.24) is 0 Å². The molecule has 0 aliphatic rings. The number of aliphatic hydroxyl groups is 1. The van der Waals surface area contributed by atoms with E-state index in [9.17, 15) is 9.59 Å². The largest absolute Gasteiger partial charge is 0.481 e. The number of hydrogen-bond acceptors (Lipinski definition) is 3. The Morgan fingerprint density at radius 1 is 0.552 bits per heavy atom. The monoisotopic (exact) mass is 416 g/mol. The second-order valence-electron chi connectivity index (χ2n) is 8.50. The van der Waals surface area contributed by atoms with Gasteiger partial charge in [-0.2, -0.15) is 0 Å². The molecule has 0 aromatic carbocycles. The van der Waals surface area contributed by atoms with Crippen LogP contribution in [-0.2, 0) is 9.59 Å². The molecule has 0 rings (SSSR count). The van der Waals surface area contributed by atoms with Gasteiger partial charge in [0.05, 0.1) is 0 Å². The lowest BCUT2D eigenvalue weighted by molar-refractivity contribution is -0.139. The molecule has 0 aliphatic heterocycles. The molecule has 0 amide bonds. The van der Waals surface area contributed by atoms with E-state index in [1.165, 1.54) is 83.5 Å². The number of carbonyl (C=O) groups is 2. The highest BCUT2D eigenvalue weighted by Crippen LogP contribution is 2.14. The molecule has 0 bridgehead atoms. The first-order chi connectivity index (χ1) is 13.9. The molecule has 0 heterocycles. The number of aliphatic carboxylic acids is 2. The van der Waals surface area contributed by atoms with Gasteiger partial charge in [0.2, 0.25) is 0 Å². The van der Waals surface area contributed by atoms with Gasteiger partial charge in [0.1, 0.15) is 0 Å². The van der Waals surface area contributed by atoms with Crippen LogP contribution < -0.4 is 0 Å². The Morgan fingerprint density at radius 3 is 1.14 bits per heavy atom. The number of hydrogen-bond donors (Lipinski definition) is 3. The van der Waals surface area contributed by atoms with Crippen molar-refractivity contribution in [1.29, 1.82) is 0 Å². The summed E-state index contributed by atoms with van der Waals surface area (Å²) in [6.07, 6.45) is 20.3. The van der Waals surface area contributed by atoms with Crippen LogP contribution in [0.25, 0.3) is 0 Å². The van der Waals surface area contributed by atoms with Gasteiger partial charge >= 0.3 is 11.9 Å². The summed E-state index contributed by atoms with van der Waals surface area (Å²) < 4.78 is 0. The minimum absolute atomic E-state index is 0.0628. The fourth-order valence-electron chi connectivity index (χ4n) is 3.16. The van der Waals surface area contributed by atoms with Gasteiger partial charge < -0.3 is 15.3 Å². The third-order valence-electron chi connectivity index (χ3n) is 4.97. The molecule has 0 saturated carbocycles. The lowest BCUT2D eigenvalue weighted by Crippen LogP contribution is -1.97. The number of carboxylic acid groups (broad SMARTS) is 2. The summed E-state index contributed by atoms with van der Waals surface area (Å²) in [7, 11) is 0. The molecule has 0 aromatic rings. The van der Waals surface area contributed by atoms with Crippen molar-refractivity contribution in [3.8, 4) is 0 Å². The smallest absolute Gasteiger partial charge is 0.303 e. The molecule has 3 N–H and O–H groups in total. The standard InChI is InChI=1S/C18H38O.C6H10O4/c1-18(2)16-14-12-10-8-6-4-3-5-7-9-11-13-15-17-19;7-5(8)3-1-2-4-6(9)10/h18-19H,3-17H2,1-2H3;1-4H2,(H,7,8)(H,9,10). The van der Waals surface area contributed by atoms with E-state index in [1.54, 1.807) is 0 Å². The highest BCUT2D eigenvalue weighted by atomic mass is 16.4. The minimum Gasteiger partial charge on any atom is -0.481 e. The topological polar surface area (TPSA) is 94.8 Å². The summed E-state index contributed by atoms with van der Waals surface area (Å²) in [6, 6.07) is 0. The molecular weight excluding hydrogens is 368 g/mol. The first-order valence-corrected chi connectivity index (χ1v) is 11.9. The van der Waals surface area contributed by atoms with Gasteiger partial charge in [-0.15, -0.1) is 0 Å². The number of aliphatic hydroxyl groups excluding tert-OH is 1. The first-order valence-electron chi connectivity index (χ1n) is 11.9. The molecule has 0 atom stereocenters. The maximum absolute atomic E-state index is 9.90. The van der Waals surface area contributed by atoms with Crippen molar-refractivity contribution in [3.05, 3.63) is 0 Å². The fourth-order valence-corrected chi connectivity index (χ4v) is 3.16. The summed E-state index contributed by atoms with van der Waals surface area (Å²) in [6.45, 7) is 5.02. The second kappa shape index (κ2) is 24.9. The van der Waals surface area contributed by atoms with Crippen LogP contribution >= 0.6 is 0 Å². The van der Waals surface area contributed by atoms with E-state index in [1.807, 2.05) is 0 Å². The number of rotatable bonds is 20. The van der Waals surface area contributed by atoms with Crippen LogP contribution in [0.15, 0.2) is 0 Å². The van der Waals surface area contributed by atoms with E-state index in [4.69, 9.17) is 15.3 Å². The predicted octanol–water partition coefficient (Wildman–Crippen LogP) is 6.81. The number of carboxylic acids is 2. The Morgan fingerprint density at radius 2 is 0.862 bits per heavy atom. The molecule has 0 spiro atoms. The zero-order chi connectivity index (χ0) is 22.2. The lowest BCUT2D eigenvalue weighted by atomic mass is 10.0. The molecule has 0 aliphatic carbocycles. The van der Waals surface area contributed by atoms with E-state index < -0.39 is 11.9 Å². The van der Waals surface area contributed by atoms with Crippen molar-refractivity contribution in [2.24, 2.45) is 5.92 Å². The Kier molecular flexibility index (Phi) is 25.9. The van der Waals surface area contributed by atoms with Crippen LogP contribution in [-0.4, -0.2) is 33.9 Å². The quantitative estimate of drug-likeness (QED) is 0.189. The zero-order valence-corrected chi connectivity index (χ0v) is 19.2. The predicted molar refractivity (Wildman–Crippen MR) is 120 cm³/mol. The van der Waals surface area contributed by atoms with Crippen molar-refractivity contribution >= 4 is 11.9 Å². The zero-order valence-electron chi connectivity index (χ0n) is 19.2. The van der Waals surface area contributed by atoms with Crippen molar-refractivity contribution in [3.63, 3.8) is 0 Å².